The molecular formula is C20H36N4O2. The fraction of sp³-hybridized carbons (Fsp3) is 0.650. The molecule has 0 aliphatic carbocycles. The van der Waals surface area contributed by atoms with E-state index in [1.807, 2.05) is 44.2 Å². The number of nitrogens with zero attached hydrogens (tertiary/aromatic N) is 3. The summed E-state index contributed by atoms with van der Waals surface area (Å²) in [5.41, 5.74) is 1.02. The lowest BCUT2D eigenvalue weighted by atomic mass is 10.2. The molecule has 1 amide bonds. The summed E-state index contributed by atoms with van der Waals surface area (Å²) in [7, 11) is 4.22. The Morgan fingerprint density at radius 2 is 1.46 bits per heavy atom. The van der Waals surface area contributed by atoms with E-state index in [9.17, 15) is 4.79 Å². The fourth-order valence-electron chi connectivity index (χ4n) is 2.58. The van der Waals surface area contributed by atoms with Gasteiger partial charge in [-0.25, -0.2) is 4.79 Å². The van der Waals surface area contributed by atoms with Crippen molar-refractivity contribution in [1.82, 2.24) is 20.0 Å². The normalized spacial score (nSPS) is 18.1. The second-order valence-electron chi connectivity index (χ2n) is 6.38. The van der Waals surface area contributed by atoms with E-state index >= 15 is 0 Å². The van der Waals surface area contributed by atoms with E-state index in [1.165, 1.54) is 13.1 Å². The minimum Gasteiger partial charge on any atom is -0.445 e. The molecule has 1 aromatic rings. The number of amides is 1. The van der Waals surface area contributed by atoms with Crippen LogP contribution in [0.4, 0.5) is 4.79 Å². The molecule has 148 valence electrons. The van der Waals surface area contributed by atoms with Gasteiger partial charge in [-0.3, -0.25) is 0 Å². The van der Waals surface area contributed by atoms with Crippen LogP contribution in [0.15, 0.2) is 30.3 Å². The van der Waals surface area contributed by atoms with Gasteiger partial charge in [0.05, 0.1) is 0 Å². The Morgan fingerprint density at radius 1 is 0.923 bits per heavy atom. The number of ether oxygens (including phenoxy) is 1. The van der Waals surface area contributed by atoms with Crippen LogP contribution in [0.3, 0.4) is 0 Å². The molecular weight excluding hydrogens is 328 g/mol. The molecule has 2 aliphatic heterocycles. The summed E-state index contributed by atoms with van der Waals surface area (Å²) in [4.78, 5) is 18.1. The number of carbonyl (C=O) groups is 1. The summed E-state index contributed by atoms with van der Waals surface area (Å²) >= 11 is 0. The van der Waals surface area contributed by atoms with Gasteiger partial charge in [-0.05, 0) is 19.7 Å². The molecule has 2 saturated heterocycles. The van der Waals surface area contributed by atoms with Gasteiger partial charge in [0, 0.05) is 52.4 Å². The number of rotatable bonds is 2. The Hall–Kier alpha value is -1.63. The topological polar surface area (TPSA) is 48.1 Å². The summed E-state index contributed by atoms with van der Waals surface area (Å²) < 4.78 is 5.27. The van der Waals surface area contributed by atoms with Crippen LogP contribution in [0.2, 0.25) is 0 Å². The van der Waals surface area contributed by atoms with E-state index in [1.54, 1.807) is 4.90 Å². The van der Waals surface area contributed by atoms with Crippen LogP contribution in [0.1, 0.15) is 19.4 Å². The molecule has 6 nitrogen and oxygen atoms in total. The van der Waals surface area contributed by atoms with E-state index in [0.29, 0.717) is 6.61 Å². The zero-order valence-electron chi connectivity index (χ0n) is 16.9. The van der Waals surface area contributed by atoms with Crippen LogP contribution < -0.4 is 5.32 Å². The van der Waals surface area contributed by atoms with Crippen molar-refractivity contribution in [3.8, 4) is 0 Å². The molecule has 2 heterocycles. The van der Waals surface area contributed by atoms with Crippen molar-refractivity contribution >= 4 is 6.09 Å². The number of benzene rings is 1. The van der Waals surface area contributed by atoms with Gasteiger partial charge in [-0.1, -0.05) is 44.2 Å². The molecule has 0 spiro atoms. The molecule has 6 heteroatoms. The highest BCUT2D eigenvalue weighted by molar-refractivity contribution is 5.67. The molecule has 1 N–H and O–H groups in total. The highest BCUT2D eigenvalue weighted by Crippen LogP contribution is 2.05. The molecule has 2 aliphatic rings. The van der Waals surface area contributed by atoms with Crippen LogP contribution in [0, 0.1) is 0 Å². The van der Waals surface area contributed by atoms with Crippen LogP contribution >= 0.6 is 0 Å². The van der Waals surface area contributed by atoms with Crippen molar-refractivity contribution in [3.05, 3.63) is 35.9 Å². The zero-order chi connectivity index (χ0) is 19.2. The summed E-state index contributed by atoms with van der Waals surface area (Å²) in [6.07, 6.45) is -0.207. The minimum absolute atomic E-state index is 0.207. The van der Waals surface area contributed by atoms with Crippen LogP contribution in [0.5, 0.6) is 0 Å². The van der Waals surface area contributed by atoms with Crippen molar-refractivity contribution in [2.45, 2.75) is 20.5 Å². The first kappa shape index (κ1) is 22.4. The van der Waals surface area contributed by atoms with Crippen LogP contribution in [-0.2, 0) is 11.3 Å². The molecule has 0 radical (unpaired) electrons. The molecule has 0 unspecified atom stereocenters. The van der Waals surface area contributed by atoms with Crippen LogP contribution in [-0.4, -0.2) is 87.2 Å². The minimum atomic E-state index is -0.207. The van der Waals surface area contributed by atoms with E-state index in [2.05, 4.69) is 29.2 Å². The summed E-state index contributed by atoms with van der Waals surface area (Å²) in [5, 5.41) is 3.27. The smallest absolute Gasteiger partial charge is 0.410 e. The molecule has 0 atom stereocenters. The van der Waals surface area contributed by atoms with Crippen molar-refractivity contribution in [2.75, 3.05) is 66.5 Å². The molecule has 2 fully saturated rings. The maximum atomic E-state index is 11.8. The maximum Gasteiger partial charge on any atom is 0.410 e. The van der Waals surface area contributed by atoms with Gasteiger partial charge >= 0.3 is 6.09 Å². The SMILES string of the molecule is CC.CN1CCN(C(=O)OCc2ccccc2)CC1.CN1CCNCC1. The highest BCUT2D eigenvalue weighted by Gasteiger charge is 2.19. The monoisotopic (exact) mass is 364 g/mol. The predicted octanol–water partition coefficient (Wildman–Crippen LogP) is 2.12. The molecule has 26 heavy (non-hydrogen) atoms. The summed E-state index contributed by atoms with van der Waals surface area (Å²) in [5.74, 6) is 0. The first-order chi connectivity index (χ1) is 12.6. The number of likely N-dealkylation sites (N-methyl/N-ethyl adjacent to an activating group) is 2. The summed E-state index contributed by atoms with van der Waals surface area (Å²) in [6.45, 7) is 12.4. The van der Waals surface area contributed by atoms with Gasteiger partial charge in [-0.2, -0.15) is 0 Å². The Morgan fingerprint density at radius 3 is 1.96 bits per heavy atom. The van der Waals surface area contributed by atoms with Gasteiger partial charge in [0.15, 0.2) is 0 Å². The Kier molecular flexibility index (Phi) is 11.7. The lowest BCUT2D eigenvalue weighted by Gasteiger charge is -2.31. The van der Waals surface area contributed by atoms with Gasteiger partial charge in [0.2, 0.25) is 0 Å². The van der Waals surface area contributed by atoms with Crippen molar-refractivity contribution in [1.29, 1.82) is 0 Å². The number of piperazine rings is 2. The third-order valence-electron chi connectivity index (χ3n) is 4.31. The standard InChI is InChI=1S/C13H18N2O2.C5H12N2.C2H6/c1-14-7-9-15(10-8-14)13(16)17-11-12-5-3-2-4-6-12;1-7-4-2-6-3-5-7;1-2/h2-6H,7-11H2,1H3;6H,2-5H2,1H3;1-2H3. The van der Waals surface area contributed by atoms with Gasteiger partial charge in [-0.15, -0.1) is 0 Å². The van der Waals surface area contributed by atoms with Crippen LogP contribution in [0.25, 0.3) is 0 Å². The molecule has 0 saturated carbocycles. The fourth-order valence-corrected chi connectivity index (χ4v) is 2.58. The largest absolute Gasteiger partial charge is 0.445 e. The van der Waals surface area contributed by atoms with Gasteiger partial charge < -0.3 is 24.8 Å². The van der Waals surface area contributed by atoms with Gasteiger partial charge in [0.1, 0.15) is 6.61 Å². The molecule has 1 aromatic carbocycles. The lowest BCUT2D eigenvalue weighted by molar-refractivity contribution is 0.0769. The third-order valence-corrected chi connectivity index (χ3v) is 4.31. The van der Waals surface area contributed by atoms with E-state index < -0.39 is 0 Å². The quantitative estimate of drug-likeness (QED) is 0.871. The van der Waals surface area contributed by atoms with Crippen molar-refractivity contribution < 1.29 is 9.53 Å². The Bertz CT molecular complexity index is 470. The molecule has 0 bridgehead atoms. The Labute approximate surface area is 159 Å². The molecule has 3 rings (SSSR count). The second kappa shape index (κ2) is 13.6. The van der Waals surface area contributed by atoms with Gasteiger partial charge in [0.25, 0.3) is 0 Å². The van der Waals surface area contributed by atoms with E-state index in [-0.39, 0.29) is 6.09 Å². The average Bonchev–Trinajstić information content (AvgIpc) is 2.70. The third kappa shape index (κ3) is 9.17. The van der Waals surface area contributed by atoms with Crippen molar-refractivity contribution in [2.24, 2.45) is 0 Å². The summed E-state index contributed by atoms with van der Waals surface area (Å²) in [6, 6.07) is 9.75. The Balaban J connectivity index is 0.000000313. The number of carbonyl (C=O) groups excluding carboxylic acids is 1. The maximum absolute atomic E-state index is 11.8. The lowest BCUT2D eigenvalue weighted by Crippen LogP contribution is -2.47. The highest BCUT2D eigenvalue weighted by atomic mass is 16.6. The zero-order valence-corrected chi connectivity index (χ0v) is 16.9. The van der Waals surface area contributed by atoms with Crippen molar-refractivity contribution in [3.63, 3.8) is 0 Å². The average molecular weight is 365 g/mol. The number of hydrogen-bond donors (Lipinski definition) is 1. The van der Waals surface area contributed by atoms with E-state index in [0.717, 1.165) is 44.8 Å². The number of nitrogens with one attached hydrogen (secondary N) is 1. The first-order valence-electron chi connectivity index (χ1n) is 9.68. The molecule has 0 aromatic heterocycles. The number of hydrogen-bond acceptors (Lipinski definition) is 5. The first-order valence-corrected chi connectivity index (χ1v) is 9.68. The second-order valence-corrected chi connectivity index (χ2v) is 6.38. The predicted molar refractivity (Wildman–Crippen MR) is 107 cm³/mol. The van der Waals surface area contributed by atoms with E-state index in [4.69, 9.17) is 4.74 Å².